The van der Waals surface area contributed by atoms with Gasteiger partial charge in [-0.1, -0.05) is 12.1 Å². The van der Waals surface area contributed by atoms with Crippen LogP contribution in [0.4, 0.5) is 5.69 Å². The van der Waals surface area contributed by atoms with Crippen LogP contribution in [0.5, 0.6) is 17.2 Å². The topological polar surface area (TPSA) is 110 Å². The zero-order valence-electron chi connectivity index (χ0n) is 11.0. The molecule has 0 atom stereocenters. The van der Waals surface area contributed by atoms with Gasteiger partial charge in [-0.2, -0.15) is 0 Å². The zero-order valence-corrected chi connectivity index (χ0v) is 11.0. The number of carbonyl (C=O) groups excluding carboxylic acids is 1. The van der Waals surface area contributed by atoms with Crippen LogP contribution in [-0.4, -0.2) is 20.9 Å². The lowest BCUT2D eigenvalue weighted by molar-refractivity contribution is -0.385. The SMILES string of the molecule is O=C1/C(=C/c2ccccc2[N+](=O)[O-])Oc2ccc(O)c(O)c21. The van der Waals surface area contributed by atoms with Gasteiger partial charge < -0.3 is 14.9 Å². The molecule has 1 heterocycles. The number of ketones is 1. The number of phenolic OH excluding ortho intramolecular Hbond substituents is 2. The van der Waals surface area contributed by atoms with E-state index in [0.717, 1.165) is 0 Å². The first-order valence-electron chi connectivity index (χ1n) is 6.21. The van der Waals surface area contributed by atoms with E-state index in [1.807, 2.05) is 0 Å². The average Bonchev–Trinajstić information content (AvgIpc) is 2.80. The number of carbonyl (C=O) groups is 1. The lowest BCUT2D eigenvalue weighted by Gasteiger charge is -2.00. The van der Waals surface area contributed by atoms with Gasteiger partial charge in [0.25, 0.3) is 5.69 Å². The number of para-hydroxylation sites is 1. The van der Waals surface area contributed by atoms with Crippen LogP contribution in [0, 0.1) is 10.1 Å². The third-order valence-electron chi connectivity index (χ3n) is 3.21. The van der Waals surface area contributed by atoms with Gasteiger partial charge in [0, 0.05) is 6.07 Å². The van der Waals surface area contributed by atoms with Crippen molar-refractivity contribution in [1.29, 1.82) is 0 Å². The summed E-state index contributed by atoms with van der Waals surface area (Å²) in [7, 11) is 0. The van der Waals surface area contributed by atoms with E-state index in [4.69, 9.17) is 4.74 Å². The summed E-state index contributed by atoms with van der Waals surface area (Å²) in [6.07, 6.45) is 1.23. The van der Waals surface area contributed by atoms with Crippen molar-refractivity contribution < 1.29 is 24.7 Å². The predicted octanol–water partition coefficient (Wildman–Crippen LogP) is 2.62. The van der Waals surface area contributed by atoms with Gasteiger partial charge in [-0.25, -0.2) is 0 Å². The summed E-state index contributed by atoms with van der Waals surface area (Å²) in [5.74, 6) is -1.74. The molecular weight excluding hydrogens is 290 g/mol. The number of benzene rings is 2. The molecule has 1 aliphatic rings. The van der Waals surface area contributed by atoms with E-state index in [1.54, 1.807) is 6.07 Å². The second kappa shape index (κ2) is 4.88. The van der Waals surface area contributed by atoms with Gasteiger partial charge in [0.15, 0.2) is 17.3 Å². The van der Waals surface area contributed by atoms with Gasteiger partial charge in [0.05, 0.1) is 10.5 Å². The minimum atomic E-state index is -0.651. The first-order chi connectivity index (χ1) is 10.5. The lowest BCUT2D eigenvalue weighted by Crippen LogP contribution is -1.99. The summed E-state index contributed by atoms with van der Waals surface area (Å²) in [5.41, 5.74) is -0.133. The van der Waals surface area contributed by atoms with Gasteiger partial charge >= 0.3 is 0 Å². The fraction of sp³-hybridized carbons (Fsp3) is 0. The van der Waals surface area contributed by atoms with E-state index in [2.05, 4.69) is 0 Å². The van der Waals surface area contributed by atoms with Crippen molar-refractivity contribution in [3.05, 3.63) is 63.4 Å². The minimum Gasteiger partial charge on any atom is -0.504 e. The van der Waals surface area contributed by atoms with Crippen LogP contribution in [0.3, 0.4) is 0 Å². The highest BCUT2D eigenvalue weighted by Gasteiger charge is 2.32. The first-order valence-corrected chi connectivity index (χ1v) is 6.21. The largest absolute Gasteiger partial charge is 0.504 e. The smallest absolute Gasteiger partial charge is 0.276 e. The number of nitro groups is 1. The third kappa shape index (κ3) is 2.05. The van der Waals surface area contributed by atoms with E-state index in [1.165, 1.54) is 36.4 Å². The maximum atomic E-state index is 12.2. The molecule has 0 saturated carbocycles. The molecule has 2 N–H and O–H groups in total. The second-order valence-electron chi connectivity index (χ2n) is 4.56. The molecule has 1 aliphatic heterocycles. The summed E-state index contributed by atoms with van der Waals surface area (Å²) in [5, 5.41) is 30.1. The number of phenols is 2. The van der Waals surface area contributed by atoms with E-state index in [-0.39, 0.29) is 28.3 Å². The molecule has 22 heavy (non-hydrogen) atoms. The van der Waals surface area contributed by atoms with Crippen LogP contribution in [-0.2, 0) is 0 Å². The summed E-state index contributed by atoms with van der Waals surface area (Å²) < 4.78 is 5.31. The molecule has 110 valence electrons. The summed E-state index contributed by atoms with van der Waals surface area (Å²) in [4.78, 5) is 22.6. The first kappa shape index (κ1) is 13.6. The van der Waals surface area contributed by atoms with Gasteiger partial charge in [-0.15, -0.1) is 0 Å². The number of allylic oxidation sites excluding steroid dienone is 1. The van der Waals surface area contributed by atoms with E-state index in [9.17, 15) is 25.1 Å². The number of ether oxygens (including phenoxy) is 1. The molecule has 2 aromatic carbocycles. The normalized spacial score (nSPS) is 14.7. The van der Waals surface area contributed by atoms with Crippen molar-refractivity contribution in [2.75, 3.05) is 0 Å². The number of nitrogens with zero attached hydrogens (tertiary/aromatic N) is 1. The summed E-state index contributed by atoms with van der Waals surface area (Å²) in [6.45, 7) is 0. The van der Waals surface area contributed by atoms with Crippen LogP contribution in [0.15, 0.2) is 42.2 Å². The highest BCUT2D eigenvalue weighted by atomic mass is 16.6. The van der Waals surface area contributed by atoms with Crippen molar-refractivity contribution >= 4 is 17.5 Å². The van der Waals surface area contributed by atoms with Crippen molar-refractivity contribution in [3.8, 4) is 17.2 Å². The van der Waals surface area contributed by atoms with E-state index in [0.29, 0.717) is 0 Å². The molecule has 0 fully saturated rings. The highest BCUT2D eigenvalue weighted by molar-refractivity contribution is 6.16. The number of rotatable bonds is 2. The van der Waals surface area contributed by atoms with Gasteiger partial charge in [0.1, 0.15) is 11.3 Å². The quantitative estimate of drug-likeness (QED) is 0.382. The molecule has 0 unspecified atom stereocenters. The standard InChI is InChI=1S/C15H9NO6/c17-10-5-6-11-13(14(10)18)15(19)12(22-11)7-8-3-1-2-4-9(8)16(20)21/h1-7,17-18H/b12-7-. The molecule has 0 aromatic heterocycles. The highest BCUT2D eigenvalue weighted by Crippen LogP contribution is 2.42. The molecular formula is C15H9NO6. The summed E-state index contributed by atoms with van der Waals surface area (Å²) >= 11 is 0. The Balaban J connectivity index is 2.08. The molecule has 7 nitrogen and oxygen atoms in total. The second-order valence-corrected chi connectivity index (χ2v) is 4.56. The molecule has 0 radical (unpaired) electrons. The molecule has 2 aromatic rings. The Morgan fingerprint density at radius 2 is 1.86 bits per heavy atom. The Morgan fingerprint density at radius 3 is 2.59 bits per heavy atom. The van der Waals surface area contributed by atoms with Crippen LogP contribution < -0.4 is 4.74 Å². The Morgan fingerprint density at radius 1 is 1.14 bits per heavy atom. The van der Waals surface area contributed by atoms with E-state index >= 15 is 0 Å². The van der Waals surface area contributed by atoms with Gasteiger partial charge in [0.2, 0.25) is 5.78 Å². The lowest BCUT2D eigenvalue weighted by atomic mass is 10.1. The van der Waals surface area contributed by atoms with Crippen LogP contribution in [0.25, 0.3) is 6.08 Å². The van der Waals surface area contributed by atoms with Gasteiger partial charge in [-0.3, -0.25) is 14.9 Å². The fourth-order valence-electron chi connectivity index (χ4n) is 2.17. The Hall–Kier alpha value is -3.35. The third-order valence-corrected chi connectivity index (χ3v) is 3.21. The Kier molecular flexibility index (Phi) is 3.03. The maximum Gasteiger partial charge on any atom is 0.276 e. The van der Waals surface area contributed by atoms with Crippen molar-refractivity contribution in [2.24, 2.45) is 0 Å². The predicted molar refractivity (Wildman–Crippen MR) is 75.8 cm³/mol. The molecule has 7 heteroatoms. The molecule has 0 bridgehead atoms. The van der Waals surface area contributed by atoms with Crippen molar-refractivity contribution in [1.82, 2.24) is 0 Å². The minimum absolute atomic E-state index is 0.0881. The number of nitro benzene ring substituents is 1. The molecule has 0 aliphatic carbocycles. The molecule has 0 spiro atoms. The monoisotopic (exact) mass is 299 g/mol. The maximum absolute atomic E-state index is 12.2. The van der Waals surface area contributed by atoms with Crippen molar-refractivity contribution in [2.45, 2.75) is 0 Å². The number of aromatic hydroxyl groups is 2. The number of hydrogen-bond acceptors (Lipinski definition) is 6. The van der Waals surface area contributed by atoms with Crippen molar-refractivity contribution in [3.63, 3.8) is 0 Å². The summed E-state index contributed by atoms with van der Waals surface area (Å²) in [6, 6.07) is 8.41. The molecule has 0 saturated heterocycles. The van der Waals surface area contributed by atoms with Crippen LogP contribution >= 0.6 is 0 Å². The zero-order chi connectivity index (χ0) is 15.9. The molecule has 0 amide bonds. The van der Waals surface area contributed by atoms with E-state index < -0.39 is 22.2 Å². The fourth-order valence-corrected chi connectivity index (χ4v) is 2.17. The Bertz CT molecular complexity index is 840. The van der Waals surface area contributed by atoms with Gasteiger partial charge in [-0.05, 0) is 24.3 Å². The number of Topliss-reactive ketones (excluding diaryl/α,β-unsaturated/α-hetero) is 1. The van der Waals surface area contributed by atoms with Crippen LogP contribution in [0.1, 0.15) is 15.9 Å². The number of fused-ring (bicyclic) bond motifs is 1. The average molecular weight is 299 g/mol. The van der Waals surface area contributed by atoms with Crippen LogP contribution in [0.2, 0.25) is 0 Å². The molecule has 3 rings (SSSR count). The Labute approximate surface area is 123 Å². The number of hydrogen-bond donors (Lipinski definition) is 2.